The summed E-state index contributed by atoms with van der Waals surface area (Å²) in [5.74, 6) is 0.0296. The molecule has 3 rings (SSSR count). The molecule has 0 atom stereocenters. The summed E-state index contributed by atoms with van der Waals surface area (Å²) >= 11 is 5.96. The Morgan fingerprint density at radius 3 is 2.40 bits per heavy atom. The Labute approximate surface area is 154 Å². The van der Waals surface area contributed by atoms with Crippen LogP contribution < -0.4 is 5.32 Å². The number of nitrogens with one attached hydrogen (secondary N) is 1. The highest BCUT2D eigenvalue weighted by atomic mass is 35.5. The SMILES string of the molecule is Cc1cc(Cl)ccc1NC(=O)CN1CCN(Cc2ccccc2)CC1. The Morgan fingerprint density at radius 1 is 1.04 bits per heavy atom. The van der Waals surface area contributed by atoms with E-state index in [9.17, 15) is 4.79 Å². The summed E-state index contributed by atoms with van der Waals surface area (Å²) in [5, 5.41) is 3.67. The fraction of sp³-hybridized carbons (Fsp3) is 0.350. The van der Waals surface area contributed by atoms with Crippen molar-refractivity contribution in [1.29, 1.82) is 0 Å². The van der Waals surface area contributed by atoms with Crippen LogP contribution in [0, 0.1) is 6.92 Å². The van der Waals surface area contributed by atoms with Gasteiger partial charge in [-0.3, -0.25) is 14.6 Å². The molecule has 25 heavy (non-hydrogen) atoms. The van der Waals surface area contributed by atoms with Gasteiger partial charge >= 0.3 is 0 Å². The molecular weight excluding hydrogens is 334 g/mol. The quantitative estimate of drug-likeness (QED) is 0.890. The molecule has 0 bridgehead atoms. The first-order valence-electron chi connectivity index (χ1n) is 8.65. The maximum absolute atomic E-state index is 12.3. The summed E-state index contributed by atoms with van der Waals surface area (Å²) < 4.78 is 0. The molecule has 1 fully saturated rings. The normalized spacial score (nSPS) is 15.9. The number of anilines is 1. The van der Waals surface area contributed by atoms with Gasteiger partial charge in [-0.05, 0) is 36.2 Å². The van der Waals surface area contributed by atoms with Gasteiger partial charge in [-0.2, -0.15) is 0 Å². The molecule has 1 saturated heterocycles. The maximum atomic E-state index is 12.3. The predicted octanol–water partition coefficient (Wildman–Crippen LogP) is 3.40. The van der Waals surface area contributed by atoms with E-state index in [0.717, 1.165) is 44.0 Å². The van der Waals surface area contributed by atoms with Crippen LogP contribution in [0.4, 0.5) is 5.69 Å². The summed E-state index contributed by atoms with van der Waals surface area (Å²) in [6.45, 7) is 7.17. The smallest absolute Gasteiger partial charge is 0.238 e. The molecule has 1 amide bonds. The van der Waals surface area contributed by atoms with Crippen LogP contribution in [-0.2, 0) is 11.3 Å². The van der Waals surface area contributed by atoms with Crippen LogP contribution in [0.3, 0.4) is 0 Å². The minimum Gasteiger partial charge on any atom is -0.325 e. The summed E-state index contributed by atoms with van der Waals surface area (Å²) in [4.78, 5) is 16.9. The first-order valence-corrected chi connectivity index (χ1v) is 9.02. The van der Waals surface area contributed by atoms with Crippen molar-refractivity contribution in [3.63, 3.8) is 0 Å². The van der Waals surface area contributed by atoms with Crippen LogP contribution in [-0.4, -0.2) is 48.4 Å². The lowest BCUT2D eigenvalue weighted by atomic mass is 10.2. The maximum Gasteiger partial charge on any atom is 0.238 e. The third kappa shape index (κ3) is 5.30. The van der Waals surface area contributed by atoms with Gasteiger partial charge in [-0.1, -0.05) is 41.9 Å². The van der Waals surface area contributed by atoms with Gasteiger partial charge in [-0.15, -0.1) is 0 Å². The number of amides is 1. The standard InChI is InChI=1S/C20H24ClN3O/c1-16-13-18(21)7-8-19(16)22-20(25)15-24-11-9-23(10-12-24)14-17-5-3-2-4-6-17/h2-8,13H,9-12,14-15H2,1H3,(H,22,25). The van der Waals surface area contributed by atoms with E-state index in [1.165, 1.54) is 5.56 Å². The van der Waals surface area contributed by atoms with E-state index < -0.39 is 0 Å². The van der Waals surface area contributed by atoms with Gasteiger partial charge in [0.1, 0.15) is 0 Å². The van der Waals surface area contributed by atoms with E-state index >= 15 is 0 Å². The molecule has 1 heterocycles. The topological polar surface area (TPSA) is 35.6 Å². The van der Waals surface area contributed by atoms with E-state index in [1.54, 1.807) is 6.07 Å². The lowest BCUT2D eigenvalue weighted by Gasteiger charge is -2.34. The number of carbonyl (C=O) groups is 1. The van der Waals surface area contributed by atoms with Gasteiger partial charge in [-0.25, -0.2) is 0 Å². The van der Waals surface area contributed by atoms with Gasteiger partial charge < -0.3 is 5.32 Å². The van der Waals surface area contributed by atoms with Crippen LogP contribution in [0.2, 0.25) is 5.02 Å². The molecule has 2 aromatic carbocycles. The van der Waals surface area contributed by atoms with E-state index in [4.69, 9.17) is 11.6 Å². The number of nitrogens with zero attached hydrogens (tertiary/aromatic N) is 2. The number of benzene rings is 2. The molecule has 4 nitrogen and oxygen atoms in total. The fourth-order valence-corrected chi connectivity index (χ4v) is 3.33. The Hall–Kier alpha value is -1.88. The lowest BCUT2D eigenvalue weighted by molar-refractivity contribution is -0.117. The van der Waals surface area contributed by atoms with E-state index in [2.05, 4.69) is 39.4 Å². The fourth-order valence-electron chi connectivity index (χ4n) is 3.11. The average Bonchev–Trinajstić information content (AvgIpc) is 2.60. The molecule has 1 aliphatic rings. The first kappa shape index (κ1) is 17.9. The Bertz CT molecular complexity index is 712. The minimum atomic E-state index is 0.0296. The summed E-state index contributed by atoms with van der Waals surface area (Å²) in [5.41, 5.74) is 3.15. The highest BCUT2D eigenvalue weighted by Gasteiger charge is 2.19. The highest BCUT2D eigenvalue weighted by Crippen LogP contribution is 2.19. The van der Waals surface area contributed by atoms with Crippen LogP contribution in [0.1, 0.15) is 11.1 Å². The van der Waals surface area contributed by atoms with Crippen LogP contribution in [0.15, 0.2) is 48.5 Å². The number of hydrogen-bond acceptors (Lipinski definition) is 3. The van der Waals surface area contributed by atoms with Crippen LogP contribution in [0.25, 0.3) is 0 Å². The molecule has 1 N–H and O–H groups in total. The summed E-state index contributed by atoms with van der Waals surface area (Å²) in [6.07, 6.45) is 0. The van der Waals surface area contributed by atoms with Crippen molar-refractivity contribution in [2.75, 3.05) is 38.0 Å². The monoisotopic (exact) mass is 357 g/mol. The van der Waals surface area contributed by atoms with Crippen molar-refractivity contribution >= 4 is 23.2 Å². The molecule has 0 saturated carbocycles. The molecule has 0 aliphatic carbocycles. The van der Waals surface area contributed by atoms with E-state index in [0.29, 0.717) is 11.6 Å². The Morgan fingerprint density at radius 2 is 1.72 bits per heavy atom. The number of hydrogen-bond donors (Lipinski definition) is 1. The first-order chi connectivity index (χ1) is 12.1. The zero-order chi connectivity index (χ0) is 17.6. The molecule has 0 spiro atoms. The zero-order valence-electron chi connectivity index (χ0n) is 14.5. The average molecular weight is 358 g/mol. The van der Waals surface area contributed by atoms with Gasteiger partial charge in [0.15, 0.2) is 0 Å². The largest absolute Gasteiger partial charge is 0.325 e. The van der Waals surface area contributed by atoms with Crippen molar-refractivity contribution in [3.8, 4) is 0 Å². The van der Waals surface area contributed by atoms with E-state index in [-0.39, 0.29) is 5.91 Å². The second-order valence-electron chi connectivity index (χ2n) is 6.55. The molecule has 0 aromatic heterocycles. The number of aryl methyl sites for hydroxylation is 1. The van der Waals surface area contributed by atoms with E-state index in [1.807, 2.05) is 25.1 Å². The number of piperazine rings is 1. The Balaban J connectivity index is 1.44. The second kappa shape index (κ2) is 8.48. The molecular formula is C20H24ClN3O. The summed E-state index contributed by atoms with van der Waals surface area (Å²) in [6, 6.07) is 16.0. The third-order valence-electron chi connectivity index (χ3n) is 4.54. The predicted molar refractivity (Wildman–Crippen MR) is 103 cm³/mol. The van der Waals surface area contributed by atoms with Crippen LogP contribution in [0.5, 0.6) is 0 Å². The molecule has 2 aromatic rings. The molecule has 0 unspecified atom stereocenters. The van der Waals surface area contributed by atoms with Gasteiger partial charge in [0.25, 0.3) is 0 Å². The van der Waals surface area contributed by atoms with Crippen molar-refractivity contribution < 1.29 is 4.79 Å². The highest BCUT2D eigenvalue weighted by molar-refractivity contribution is 6.30. The van der Waals surface area contributed by atoms with Crippen molar-refractivity contribution in [2.24, 2.45) is 0 Å². The van der Waals surface area contributed by atoms with Crippen LogP contribution >= 0.6 is 11.6 Å². The molecule has 5 heteroatoms. The van der Waals surface area contributed by atoms with Crippen molar-refractivity contribution in [2.45, 2.75) is 13.5 Å². The van der Waals surface area contributed by atoms with Gasteiger partial charge in [0.2, 0.25) is 5.91 Å². The number of halogens is 1. The molecule has 1 aliphatic heterocycles. The van der Waals surface area contributed by atoms with Crippen molar-refractivity contribution in [1.82, 2.24) is 9.80 Å². The third-order valence-corrected chi connectivity index (χ3v) is 4.78. The zero-order valence-corrected chi connectivity index (χ0v) is 15.3. The minimum absolute atomic E-state index is 0.0296. The number of carbonyl (C=O) groups excluding carboxylic acids is 1. The Kier molecular flexibility index (Phi) is 6.08. The van der Waals surface area contributed by atoms with Gasteiger partial charge in [0, 0.05) is 43.4 Å². The van der Waals surface area contributed by atoms with Gasteiger partial charge in [0.05, 0.1) is 6.54 Å². The molecule has 132 valence electrons. The van der Waals surface area contributed by atoms with Crippen molar-refractivity contribution in [3.05, 3.63) is 64.7 Å². The lowest BCUT2D eigenvalue weighted by Crippen LogP contribution is -2.48. The molecule has 0 radical (unpaired) electrons. The number of rotatable bonds is 5. The second-order valence-corrected chi connectivity index (χ2v) is 6.98. The summed E-state index contributed by atoms with van der Waals surface area (Å²) in [7, 11) is 0.